The SMILES string of the molecule is NC=N/N=C/c1ccccc1F. The van der Waals surface area contributed by atoms with Crippen LogP contribution in [0.25, 0.3) is 0 Å². The molecule has 3 nitrogen and oxygen atoms in total. The Labute approximate surface area is 69.4 Å². The first-order valence-electron chi connectivity index (χ1n) is 3.35. The fourth-order valence-electron chi connectivity index (χ4n) is 0.714. The quantitative estimate of drug-likeness (QED) is 0.399. The fraction of sp³-hybridized carbons (Fsp3) is 0. The minimum atomic E-state index is -0.325. The first kappa shape index (κ1) is 8.39. The molecular formula is C8H8FN3. The van der Waals surface area contributed by atoms with Crippen LogP contribution in [0, 0.1) is 5.82 Å². The second-order valence-corrected chi connectivity index (χ2v) is 2.03. The first-order chi connectivity index (χ1) is 5.84. The van der Waals surface area contributed by atoms with E-state index in [1.165, 1.54) is 12.3 Å². The van der Waals surface area contributed by atoms with Gasteiger partial charge in [-0.15, -0.1) is 5.10 Å². The molecule has 2 N–H and O–H groups in total. The summed E-state index contributed by atoms with van der Waals surface area (Å²) in [6.07, 6.45) is 2.34. The van der Waals surface area contributed by atoms with Crippen molar-refractivity contribution in [1.29, 1.82) is 0 Å². The van der Waals surface area contributed by atoms with Gasteiger partial charge in [0.15, 0.2) is 0 Å². The van der Waals surface area contributed by atoms with Crippen molar-refractivity contribution in [2.45, 2.75) is 0 Å². The minimum absolute atomic E-state index is 0.325. The van der Waals surface area contributed by atoms with Gasteiger partial charge in [0.2, 0.25) is 0 Å². The predicted molar refractivity (Wildman–Crippen MR) is 46.7 cm³/mol. The van der Waals surface area contributed by atoms with E-state index >= 15 is 0 Å². The van der Waals surface area contributed by atoms with Gasteiger partial charge in [0.05, 0.1) is 6.21 Å². The highest BCUT2D eigenvalue weighted by molar-refractivity contribution is 5.79. The summed E-state index contributed by atoms with van der Waals surface area (Å²) in [6.45, 7) is 0. The third-order valence-corrected chi connectivity index (χ3v) is 1.24. The fourth-order valence-corrected chi connectivity index (χ4v) is 0.714. The van der Waals surface area contributed by atoms with Crippen LogP contribution >= 0.6 is 0 Å². The van der Waals surface area contributed by atoms with Gasteiger partial charge in [0.25, 0.3) is 0 Å². The molecule has 0 aliphatic rings. The molecule has 0 aliphatic carbocycles. The molecule has 0 saturated heterocycles. The molecule has 12 heavy (non-hydrogen) atoms. The second kappa shape index (κ2) is 4.23. The predicted octanol–water partition coefficient (Wildman–Crippen LogP) is 1.15. The van der Waals surface area contributed by atoms with E-state index in [4.69, 9.17) is 5.73 Å². The maximum atomic E-state index is 12.8. The summed E-state index contributed by atoms with van der Waals surface area (Å²) in [5.41, 5.74) is 5.32. The summed E-state index contributed by atoms with van der Waals surface area (Å²) in [5.74, 6) is -0.325. The van der Waals surface area contributed by atoms with Crippen molar-refractivity contribution in [3.05, 3.63) is 35.6 Å². The molecule has 0 amide bonds. The molecule has 0 aliphatic heterocycles. The first-order valence-corrected chi connectivity index (χ1v) is 3.35. The smallest absolute Gasteiger partial charge is 0.132 e. The third-order valence-electron chi connectivity index (χ3n) is 1.24. The van der Waals surface area contributed by atoms with Crippen molar-refractivity contribution >= 4 is 12.6 Å². The van der Waals surface area contributed by atoms with Crippen molar-refractivity contribution in [2.24, 2.45) is 15.9 Å². The molecule has 1 aromatic carbocycles. The Balaban J connectivity index is 2.82. The van der Waals surface area contributed by atoms with Crippen molar-refractivity contribution in [3.8, 4) is 0 Å². The Kier molecular flexibility index (Phi) is 2.95. The van der Waals surface area contributed by atoms with E-state index in [1.54, 1.807) is 18.2 Å². The zero-order valence-corrected chi connectivity index (χ0v) is 6.31. The van der Waals surface area contributed by atoms with Gasteiger partial charge in [-0.2, -0.15) is 5.10 Å². The van der Waals surface area contributed by atoms with Gasteiger partial charge >= 0.3 is 0 Å². The summed E-state index contributed by atoms with van der Waals surface area (Å²) in [5, 5.41) is 6.86. The van der Waals surface area contributed by atoms with Gasteiger partial charge in [-0.25, -0.2) is 4.39 Å². The van der Waals surface area contributed by atoms with E-state index in [1.807, 2.05) is 0 Å². The van der Waals surface area contributed by atoms with Crippen molar-refractivity contribution < 1.29 is 4.39 Å². The summed E-state index contributed by atoms with van der Waals surface area (Å²) in [4.78, 5) is 0. The summed E-state index contributed by atoms with van der Waals surface area (Å²) >= 11 is 0. The Bertz CT molecular complexity index is 307. The lowest BCUT2D eigenvalue weighted by molar-refractivity contribution is 0.626. The molecule has 0 bridgehead atoms. The zero-order valence-electron chi connectivity index (χ0n) is 6.31. The van der Waals surface area contributed by atoms with Crippen molar-refractivity contribution in [2.75, 3.05) is 0 Å². The van der Waals surface area contributed by atoms with E-state index < -0.39 is 0 Å². The molecule has 62 valence electrons. The lowest BCUT2D eigenvalue weighted by Crippen LogP contribution is -1.88. The number of nitrogens with two attached hydrogens (primary N) is 1. The van der Waals surface area contributed by atoms with Crippen LogP contribution in [0.2, 0.25) is 0 Å². The molecule has 0 saturated carbocycles. The number of hydrogen-bond donors (Lipinski definition) is 1. The largest absolute Gasteiger partial charge is 0.388 e. The number of benzene rings is 1. The second-order valence-electron chi connectivity index (χ2n) is 2.03. The van der Waals surface area contributed by atoms with E-state index in [-0.39, 0.29) is 5.82 Å². The number of halogens is 1. The van der Waals surface area contributed by atoms with E-state index in [0.717, 1.165) is 6.34 Å². The minimum Gasteiger partial charge on any atom is -0.388 e. The topological polar surface area (TPSA) is 50.7 Å². The number of hydrogen-bond acceptors (Lipinski definition) is 2. The summed E-state index contributed by atoms with van der Waals surface area (Å²) in [7, 11) is 0. The summed E-state index contributed by atoms with van der Waals surface area (Å²) in [6, 6.07) is 6.29. The molecule has 0 unspecified atom stereocenters. The van der Waals surface area contributed by atoms with Gasteiger partial charge in [0.1, 0.15) is 12.2 Å². The Morgan fingerprint density at radius 2 is 2.00 bits per heavy atom. The van der Waals surface area contributed by atoms with Crippen LogP contribution in [0.1, 0.15) is 5.56 Å². The highest BCUT2D eigenvalue weighted by Crippen LogP contribution is 2.02. The highest BCUT2D eigenvalue weighted by atomic mass is 19.1. The van der Waals surface area contributed by atoms with Gasteiger partial charge in [-0.05, 0) is 6.07 Å². The Hall–Kier alpha value is -1.71. The molecule has 0 aromatic heterocycles. The van der Waals surface area contributed by atoms with Gasteiger partial charge in [-0.1, -0.05) is 18.2 Å². The van der Waals surface area contributed by atoms with E-state index in [9.17, 15) is 4.39 Å². The molecule has 0 heterocycles. The van der Waals surface area contributed by atoms with Gasteiger partial charge in [-0.3, -0.25) is 0 Å². The van der Waals surface area contributed by atoms with Crippen LogP contribution in [-0.4, -0.2) is 12.6 Å². The number of nitrogens with zero attached hydrogens (tertiary/aromatic N) is 2. The molecule has 0 spiro atoms. The summed E-state index contributed by atoms with van der Waals surface area (Å²) < 4.78 is 12.8. The van der Waals surface area contributed by atoms with Gasteiger partial charge < -0.3 is 5.73 Å². The molecule has 1 aromatic rings. The van der Waals surface area contributed by atoms with Crippen LogP contribution in [-0.2, 0) is 0 Å². The van der Waals surface area contributed by atoms with Crippen LogP contribution in [0.15, 0.2) is 34.5 Å². The van der Waals surface area contributed by atoms with Crippen molar-refractivity contribution in [3.63, 3.8) is 0 Å². The monoisotopic (exact) mass is 165 g/mol. The maximum absolute atomic E-state index is 12.8. The molecule has 4 heteroatoms. The van der Waals surface area contributed by atoms with Crippen LogP contribution in [0.3, 0.4) is 0 Å². The molecule has 0 fully saturated rings. The Morgan fingerprint density at radius 1 is 1.25 bits per heavy atom. The van der Waals surface area contributed by atoms with Crippen LogP contribution in [0.4, 0.5) is 4.39 Å². The molecular weight excluding hydrogens is 157 g/mol. The van der Waals surface area contributed by atoms with Crippen LogP contribution < -0.4 is 5.73 Å². The average molecular weight is 165 g/mol. The van der Waals surface area contributed by atoms with Crippen LogP contribution in [0.5, 0.6) is 0 Å². The molecule has 0 atom stereocenters. The standard InChI is InChI=1S/C8H8FN3/c9-8-4-2-1-3-7(8)5-11-12-6-10/h1-6H,(H2,10,12)/b11-5+. The highest BCUT2D eigenvalue weighted by Gasteiger charge is 1.94. The molecule has 1 rings (SSSR count). The van der Waals surface area contributed by atoms with E-state index in [0.29, 0.717) is 5.56 Å². The molecule has 0 radical (unpaired) electrons. The normalized spacial score (nSPS) is 11.4. The average Bonchev–Trinajstić information content (AvgIpc) is 2.09. The Morgan fingerprint density at radius 3 is 2.67 bits per heavy atom. The number of rotatable bonds is 2. The van der Waals surface area contributed by atoms with E-state index in [2.05, 4.69) is 10.2 Å². The van der Waals surface area contributed by atoms with Crippen molar-refractivity contribution in [1.82, 2.24) is 0 Å². The zero-order chi connectivity index (χ0) is 8.81. The van der Waals surface area contributed by atoms with Gasteiger partial charge in [0, 0.05) is 5.56 Å². The lowest BCUT2D eigenvalue weighted by atomic mass is 10.2. The maximum Gasteiger partial charge on any atom is 0.132 e. The lowest BCUT2D eigenvalue weighted by Gasteiger charge is -1.91. The third kappa shape index (κ3) is 2.16.